The first-order chi connectivity index (χ1) is 20.0. The summed E-state index contributed by atoms with van der Waals surface area (Å²) >= 11 is 0. The third-order valence-corrected chi connectivity index (χ3v) is 14.8. The summed E-state index contributed by atoms with van der Waals surface area (Å²) in [6.07, 6.45) is 10.1. The monoisotopic (exact) mass is 601 g/mol. The number of carbonyl (C=O) groups excluding carboxylic acids is 2. The van der Waals surface area contributed by atoms with Crippen molar-refractivity contribution in [2.45, 2.75) is 124 Å². The maximum atomic E-state index is 14.1. The SMILES string of the molecule is C=C(C)[C@@H]1CC[C@]2(C(=O)OCC(N)(CO)CO)CC[C@]3(C)[C@H](CC[C@@H]4[C@@]5(C)CC[C@H](OC(C)=O)C(C)(C)[C@@H]5CC[C@]43C)[C@@H]12. The number of hydrogen-bond donors (Lipinski definition) is 3. The molecule has 0 spiro atoms. The van der Waals surface area contributed by atoms with Crippen LogP contribution < -0.4 is 5.73 Å². The van der Waals surface area contributed by atoms with Gasteiger partial charge in [-0.05, 0) is 117 Å². The molecule has 0 unspecified atom stereocenters. The van der Waals surface area contributed by atoms with Crippen molar-refractivity contribution in [1.82, 2.24) is 0 Å². The standard InChI is InChI=1S/C36H59NO6/c1-22(2)24-11-16-36(30(41)42-21-35(37,19-38)20-39)18-17-33(7)25(29(24)36)9-10-27-32(6)14-13-28(43-23(3)40)31(4,5)26(32)12-15-34(27,33)8/h24-29,38-39H,1,9-21,37H2,2-8H3/t24-,25+,26-,27+,28-,29+,32-,33+,34+,36-/m0/s1. The summed E-state index contributed by atoms with van der Waals surface area (Å²) in [5, 5.41) is 19.4. The summed E-state index contributed by atoms with van der Waals surface area (Å²) in [6.45, 7) is 19.4. The van der Waals surface area contributed by atoms with Gasteiger partial charge in [0.05, 0.1) is 24.2 Å². The zero-order valence-electron chi connectivity index (χ0n) is 28.0. The minimum atomic E-state index is -1.33. The van der Waals surface area contributed by atoms with Gasteiger partial charge in [0, 0.05) is 12.3 Å². The Morgan fingerprint density at radius 1 is 0.860 bits per heavy atom. The fourth-order valence-corrected chi connectivity index (χ4v) is 12.4. The lowest BCUT2D eigenvalue weighted by molar-refractivity contribution is -0.250. The third kappa shape index (κ3) is 4.68. The predicted molar refractivity (Wildman–Crippen MR) is 167 cm³/mol. The van der Waals surface area contributed by atoms with E-state index >= 15 is 0 Å². The summed E-state index contributed by atoms with van der Waals surface area (Å²) in [5.41, 5.74) is 5.69. The van der Waals surface area contributed by atoms with Gasteiger partial charge in [-0.2, -0.15) is 0 Å². The molecule has 244 valence electrons. The summed E-state index contributed by atoms with van der Waals surface area (Å²) in [7, 11) is 0. The highest BCUT2D eigenvalue weighted by atomic mass is 16.5. The number of carbonyl (C=O) groups is 2. The third-order valence-electron chi connectivity index (χ3n) is 14.8. The van der Waals surface area contributed by atoms with Gasteiger partial charge in [-0.25, -0.2) is 0 Å². The maximum Gasteiger partial charge on any atom is 0.312 e. The largest absolute Gasteiger partial charge is 0.463 e. The lowest BCUT2D eigenvalue weighted by Crippen LogP contribution is -2.67. The van der Waals surface area contributed by atoms with Crippen LogP contribution in [0.15, 0.2) is 12.2 Å². The quantitative estimate of drug-likeness (QED) is 0.249. The van der Waals surface area contributed by atoms with Crippen LogP contribution in [0.1, 0.15) is 113 Å². The van der Waals surface area contributed by atoms with Crippen molar-refractivity contribution in [2.75, 3.05) is 19.8 Å². The van der Waals surface area contributed by atoms with Gasteiger partial charge in [0.25, 0.3) is 0 Å². The zero-order valence-corrected chi connectivity index (χ0v) is 28.0. The topological polar surface area (TPSA) is 119 Å². The molecule has 43 heavy (non-hydrogen) atoms. The minimum absolute atomic E-state index is 0.0283. The van der Waals surface area contributed by atoms with E-state index in [0.717, 1.165) is 69.8 Å². The fraction of sp³-hybridized carbons (Fsp3) is 0.889. The Bertz CT molecular complexity index is 1130. The number of ether oxygens (including phenoxy) is 2. The van der Waals surface area contributed by atoms with E-state index in [1.54, 1.807) is 0 Å². The number of hydrogen-bond acceptors (Lipinski definition) is 7. The molecular weight excluding hydrogens is 542 g/mol. The van der Waals surface area contributed by atoms with Crippen LogP contribution in [0, 0.1) is 56.7 Å². The lowest BCUT2D eigenvalue weighted by atomic mass is 9.32. The molecule has 0 aromatic heterocycles. The van der Waals surface area contributed by atoms with Gasteiger partial charge in [-0.3, -0.25) is 9.59 Å². The Morgan fingerprint density at radius 2 is 1.53 bits per heavy atom. The van der Waals surface area contributed by atoms with Crippen LogP contribution in [0.2, 0.25) is 0 Å². The molecule has 5 aliphatic carbocycles. The Morgan fingerprint density at radius 3 is 2.14 bits per heavy atom. The molecule has 5 saturated carbocycles. The second-order valence-corrected chi connectivity index (χ2v) is 17.1. The van der Waals surface area contributed by atoms with Gasteiger partial charge in [0.15, 0.2) is 0 Å². The van der Waals surface area contributed by atoms with Crippen molar-refractivity contribution in [2.24, 2.45) is 62.4 Å². The lowest BCUT2D eigenvalue weighted by Gasteiger charge is -2.72. The molecule has 5 rings (SSSR count). The maximum absolute atomic E-state index is 14.1. The first-order valence-electron chi connectivity index (χ1n) is 17.0. The van der Waals surface area contributed by atoms with Gasteiger partial charge >= 0.3 is 11.9 Å². The molecule has 10 atom stereocenters. The molecule has 5 fully saturated rings. The van der Waals surface area contributed by atoms with E-state index in [1.165, 1.54) is 6.92 Å². The van der Waals surface area contributed by atoms with E-state index < -0.39 is 24.2 Å². The van der Waals surface area contributed by atoms with Crippen LogP contribution in [-0.2, 0) is 19.1 Å². The second-order valence-electron chi connectivity index (χ2n) is 17.1. The summed E-state index contributed by atoms with van der Waals surface area (Å²) < 4.78 is 11.8. The van der Waals surface area contributed by atoms with Crippen molar-refractivity contribution in [1.29, 1.82) is 0 Å². The number of rotatable bonds is 7. The van der Waals surface area contributed by atoms with Crippen molar-refractivity contribution in [3.63, 3.8) is 0 Å². The molecule has 0 bridgehead atoms. The van der Waals surface area contributed by atoms with Crippen LogP contribution in [0.4, 0.5) is 0 Å². The second kappa shape index (κ2) is 10.8. The van der Waals surface area contributed by atoms with Crippen LogP contribution in [-0.4, -0.2) is 53.6 Å². The fourth-order valence-electron chi connectivity index (χ4n) is 12.4. The van der Waals surface area contributed by atoms with E-state index in [9.17, 15) is 19.8 Å². The smallest absolute Gasteiger partial charge is 0.312 e. The molecule has 0 amide bonds. The van der Waals surface area contributed by atoms with Gasteiger partial charge in [0.1, 0.15) is 12.7 Å². The average Bonchev–Trinajstić information content (AvgIpc) is 3.35. The van der Waals surface area contributed by atoms with Crippen LogP contribution in [0.5, 0.6) is 0 Å². The van der Waals surface area contributed by atoms with E-state index in [-0.39, 0.29) is 58.1 Å². The molecule has 0 aromatic carbocycles. The Hall–Kier alpha value is -1.44. The van der Waals surface area contributed by atoms with Crippen molar-refractivity contribution in [3.05, 3.63) is 12.2 Å². The van der Waals surface area contributed by atoms with Crippen LogP contribution in [0.25, 0.3) is 0 Å². The zero-order chi connectivity index (χ0) is 31.8. The highest BCUT2D eigenvalue weighted by Gasteiger charge is 2.72. The summed E-state index contributed by atoms with van der Waals surface area (Å²) in [5.74, 6) is 1.54. The van der Waals surface area contributed by atoms with E-state index in [1.807, 2.05) is 0 Å². The van der Waals surface area contributed by atoms with Gasteiger partial charge < -0.3 is 25.4 Å². The van der Waals surface area contributed by atoms with E-state index in [2.05, 4.69) is 48.1 Å². The molecule has 4 N–H and O–H groups in total. The van der Waals surface area contributed by atoms with E-state index in [4.69, 9.17) is 15.2 Å². The number of fused-ring (bicyclic) bond motifs is 7. The summed E-state index contributed by atoms with van der Waals surface area (Å²) in [6, 6.07) is 0. The number of esters is 2. The number of aliphatic hydroxyl groups is 2. The Kier molecular flexibility index (Phi) is 8.30. The molecule has 0 radical (unpaired) electrons. The molecule has 0 aromatic rings. The Labute approximate surface area is 259 Å². The molecule has 0 saturated heterocycles. The molecular formula is C36H59NO6. The van der Waals surface area contributed by atoms with Crippen molar-refractivity contribution >= 4 is 11.9 Å². The normalized spacial score (nSPS) is 45.2. The molecule has 5 aliphatic rings. The Balaban J connectivity index is 1.47. The predicted octanol–water partition coefficient (Wildman–Crippen LogP) is 5.80. The van der Waals surface area contributed by atoms with Gasteiger partial charge in [0.2, 0.25) is 0 Å². The first kappa shape index (κ1) is 32.9. The van der Waals surface area contributed by atoms with Crippen LogP contribution >= 0.6 is 0 Å². The highest BCUT2D eigenvalue weighted by Crippen LogP contribution is 2.77. The van der Waals surface area contributed by atoms with Crippen molar-refractivity contribution in [3.8, 4) is 0 Å². The summed E-state index contributed by atoms with van der Waals surface area (Å²) in [4.78, 5) is 26.1. The number of allylic oxidation sites excluding steroid dienone is 1. The van der Waals surface area contributed by atoms with Crippen molar-refractivity contribution < 1.29 is 29.3 Å². The molecule has 0 aliphatic heterocycles. The highest BCUT2D eigenvalue weighted by molar-refractivity contribution is 5.78. The first-order valence-corrected chi connectivity index (χ1v) is 17.0. The minimum Gasteiger partial charge on any atom is -0.463 e. The molecule has 7 heteroatoms. The van der Waals surface area contributed by atoms with Gasteiger partial charge in [-0.15, -0.1) is 0 Å². The number of nitrogens with two attached hydrogens (primary N) is 1. The molecule has 0 heterocycles. The van der Waals surface area contributed by atoms with E-state index in [0.29, 0.717) is 17.8 Å². The number of aliphatic hydroxyl groups excluding tert-OH is 2. The van der Waals surface area contributed by atoms with Crippen LogP contribution in [0.3, 0.4) is 0 Å². The average molecular weight is 602 g/mol. The molecule has 7 nitrogen and oxygen atoms in total. The van der Waals surface area contributed by atoms with Gasteiger partial charge in [-0.1, -0.05) is 46.8 Å².